The van der Waals surface area contributed by atoms with Crippen LogP contribution in [0.1, 0.15) is 0 Å². The Hall–Kier alpha value is -1.56. The number of carboxylic acid groups (broad SMARTS) is 1. The molecule has 0 unspecified atom stereocenters. The zero-order chi connectivity index (χ0) is 12.0. The number of rotatable bonds is 5. The Kier molecular flexibility index (Phi) is 4.78. The Morgan fingerprint density at radius 1 is 1.31 bits per heavy atom. The summed E-state index contributed by atoms with van der Waals surface area (Å²) in [5.74, 6) is -2.08. The van der Waals surface area contributed by atoms with Crippen LogP contribution in [0.5, 0.6) is 0 Å². The summed E-state index contributed by atoms with van der Waals surface area (Å²) >= 11 is 0.961. The molecule has 0 spiro atoms. The smallest absolute Gasteiger partial charge is 0.313 e. The minimum Gasteiger partial charge on any atom is -0.481 e. The number of nitrogens with one attached hydrogen (secondary N) is 1. The molecule has 0 atom stereocenters. The maximum absolute atomic E-state index is 13.1. The predicted octanol–water partition coefficient (Wildman–Crippen LogP) is 1.58. The monoisotopic (exact) mass is 243 g/mol. The molecule has 0 aromatic heterocycles. The largest absolute Gasteiger partial charge is 0.481 e. The van der Waals surface area contributed by atoms with Gasteiger partial charge in [0.2, 0.25) is 5.91 Å². The van der Waals surface area contributed by atoms with Gasteiger partial charge in [0.25, 0.3) is 0 Å². The lowest BCUT2D eigenvalue weighted by atomic mass is 10.3. The molecule has 1 aromatic carbocycles. The summed E-state index contributed by atoms with van der Waals surface area (Å²) in [6.07, 6.45) is 0. The highest BCUT2D eigenvalue weighted by molar-refractivity contribution is 8.00. The predicted molar refractivity (Wildman–Crippen MR) is 60.0 cm³/mol. The molecule has 1 amide bonds. The zero-order valence-electron chi connectivity index (χ0n) is 8.27. The van der Waals surface area contributed by atoms with Crippen molar-refractivity contribution in [1.29, 1.82) is 0 Å². The summed E-state index contributed by atoms with van der Waals surface area (Å²) in [4.78, 5) is 21.4. The van der Waals surface area contributed by atoms with Gasteiger partial charge >= 0.3 is 5.97 Å². The van der Waals surface area contributed by atoms with Crippen LogP contribution in [0.2, 0.25) is 0 Å². The van der Waals surface area contributed by atoms with Crippen LogP contribution in [-0.2, 0) is 9.59 Å². The van der Waals surface area contributed by atoms with Gasteiger partial charge in [-0.15, -0.1) is 11.8 Å². The van der Waals surface area contributed by atoms with E-state index in [-0.39, 0.29) is 17.2 Å². The third kappa shape index (κ3) is 4.31. The van der Waals surface area contributed by atoms with Crippen LogP contribution in [0.3, 0.4) is 0 Å². The quantitative estimate of drug-likeness (QED) is 0.824. The van der Waals surface area contributed by atoms with Crippen LogP contribution in [0.4, 0.5) is 10.1 Å². The average molecular weight is 243 g/mol. The van der Waals surface area contributed by atoms with E-state index in [1.54, 1.807) is 6.07 Å². The summed E-state index contributed by atoms with van der Waals surface area (Å²) in [6, 6.07) is 5.79. The fraction of sp³-hybridized carbons (Fsp3) is 0.200. The fourth-order valence-corrected chi connectivity index (χ4v) is 1.51. The second kappa shape index (κ2) is 6.12. The first-order valence-electron chi connectivity index (χ1n) is 4.43. The number of halogens is 1. The summed E-state index contributed by atoms with van der Waals surface area (Å²) in [5, 5.41) is 10.7. The van der Waals surface area contributed by atoms with Crippen LogP contribution in [0, 0.1) is 5.82 Å². The number of amides is 1. The molecule has 2 N–H and O–H groups in total. The Labute approximate surface area is 95.8 Å². The first kappa shape index (κ1) is 12.5. The van der Waals surface area contributed by atoms with Gasteiger partial charge in [0.1, 0.15) is 5.82 Å². The summed E-state index contributed by atoms with van der Waals surface area (Å²) < 4.78 is 13.1. The van der Waals surface area contributed by atoms with Crippen molar-refractivity contribution in [2.24, 2.45) is 0 Å². The third-order valence-electron chi connectivity index (χ3n) is 1.61. The minimum absolute atomic E-state index is 0.0133. The molecule has 0 aliphatic carbocycles. The minimum atomic E-state index is -0.983. The van der Waals surface area contributed by atoms with Crippen molar-refractivity contribution in [3.05, 3.63) is 30.1 Å². The molecule has 1 rings (SSSR count). The molecule has 0 fully saturated rings. The Morgan fingerprint density at radius 2 is 2.00 bits per heavy atom. The number of carbonyl (C=O) groups excluding carboxylic acids is 1. The van der Waals surface area contributed by atoms with E-state index in [1.807, 2.05) is 0 Å². The Bertz CT molecular complexity index is 397. The van der Waals surface area contributed by atoms with Crippen molar-refractivity contribution in [2.75, 3.05) is 16.8 Å². The van der Waals surface area contributed by atoms with Crippen LogP contribution in [-0.4, -0.2) is 28.5 Å². The van der Waals surface area contributed by atoms with E-state index in [9.17, 15) is 14.0 Å². The molecule has 0 aliphatic heterocycles. The van der Waals surface area contributed by atoms with E-state index in [1.165, 1.54) is 18.2 Å². The number of hydrogen-bond donors (Lipinski definition) is 2. The SMILES string of the molecule is O=C(O)CSCC(=O)Nc1ccccc1F. The maximum atomic E-state index is 13.1. The zero-order valence-corrected chi connectivity index (χ0v) is 9.09. The third-order valence-corrected chi connectivity index (χ3v) is 2.52. The molecule has 0 radical (unpaired) electrons. The summed E-state index contributed by atoms with van der Waals surface area (Å²) in [5.41, 5.74) is 0.100. The number of para-hydroxylation sites is 1. The molecule has 0 aliphatic rings. The van der Waals surface area contributed by atoms with E-state index >= 15 is 0 Å². The van der Waals surface area contributed by atoms with Crippen molar-refractivity contribution >= 4 is 29.3 Å². The number of aliphatic carboxylic acids is 1. The van der Waals surface area contributed by atoms with Gasteiger partial charge in [-0.05, 0) is 12.1 Å². The Morgan fingerprint density at radius 3 is 2.62 bits per heavy atom. The molecular weight excluding hydrogens is 233 g/mol. The van der Waals surface area contributed by atoms with Crippen molar-refractivity contribution in [2.45, 2.75) is 0 Å². The van der Waals surface area contributed by atoms with E-state index in [0.29, 0.717) is 0 Å². The number of carbonyl (C=O) groups is 2. The van der Waals surface area contributed by atoms with E-state index < -0.39 is 17.7 Å². The highest BCUT2D eigenvalue weighted by Gasteiger charge is 2.07. The standard InChI is InChI=1S/C10H10FNO3S/c11-7-3-1-2-4-8(7)12-9(13)5-16-6-10(14)15/h1-4H,5-6H2,(H,12,13)(H,14,15). The van der Waals surface area contributed by atoms with Gasteiger partial charge in [-0.25, -0.2) is 4.39 Å². The highest BCUT2D eigenvalue weighted by atomic mass is 32.2. The molecule has 1 aromatic rings. The Balaban J connectivity index is 2.40. The second-order valence-electron chi connectivity index (χ2n) is 2.91. The summed E-state index contributed by atoms with van der Waals surface area (Å²) in [6.45, 7) is 0. The fourth-order valence-electron chi connectivity index (χ4n) is 0.980. The second-order valence-corrected chi connectivity index (χ2v) is 3.90. The summed E-state index contributed by atoms with van der Waals surface area (Å²) in [7, 11) is 0. The first-order chi connectivity index (χ1) is 7.59. The molecular formula is C10H10FNO3S. The highest BCUT2D eigenvalue weighted by Crippen LogP contribution is 2.12. The van der Waals surface area contributed by atoms with Gasteiger partial charge in [0, 0.05) is 0 Å². The van der Waals surface area contributed by atoms with Gasteiger partial charge in [-0.1, -0.05) is 12.1 Å². The molecule has 86 valence electrons. The first-order valence-corrected chi connectivity index (χ1v) is 5.59. The topological polar surface area (TPSA) is 66.4 Å². The molecule has 6 heteroatoms. The van der Waals surface area contributed by atoms with E-state index in [4.69, 9.17) is 5.11 Å². The lowest BCUT2D eigenvalue weighted by Gasteiger charge is -2.04. The molecule has 0 saturated carbocycles. The molecule has 4 nitrogen and oxygen atoms in total. The maximum Gasteiger partial charge on any atom is 0.313 e. The van der Waals surface area contributed by atoms with Crippen LogP contribution < -0.4 is 5.32 Å². The van der Waals surface area contributed by atoms with Crippen molar-refractivity contribution in [3.63, 3.8) is 0 Å². The molecule has 0 heterocycles. The van der Waals surface area contributed by atoms with Crippen LogP contribution in [0.15, 0.2) is 24.3 Å². The van der Waals surface area contributed by atoms with Gasteiger partial charge in [0.15, 0.2) is 0 Å². The normalized spacial score (nSPS) is 9.81. The van der Waals surface area contributed by atoms with Gasteiger partial charge in [0.05, 0.1) is 17.2 Å². The van der Waals surface area contributed by atoms with Gasteiger partial charge < -0.3 is 10.4 Å². The van der Waals surface area contributed by atoms with Gasteiger partial charge in [-0.2, -0.15) is 0 Å². The number of anilines is 1. The van der Waals surface area contributed by atoms with Gasteiger partial charge in [-0.3, -0.25) is 9.59 Å². The molecule has 16 heavy (non-hydrogen) atoms. The molecule has 0 saturated heterocycles. The number of hydrogen-bond acceptors (Lipinski definition) is 3. The lowest BCUT2D eigenvalue weighted by Crippen LogP contribution is -2.16. The lowest BCUT2D eigenvalue weighted by molar-refractivity contribution is -0.133. The number of thioether (sulfide) groups is 1. The van der Waals surface area contributed by atoms with Crippen LogP contribution >= 0.6 is 11.8 Å². The number of carboxylic acids is 1. The van der Waals surface area contributed by atoms with Crippen molar-refractivity contribution in [1.82, 2.24) is 0 Å². The van der Waals surface area contributed by atoms with E-state index in [2.05, 4.69) is 5.32 Å². The van der Waals surface area contributed by atoms with Crippen LogP contribution in [0.25, 0.3) is 0 Å². The van der Waals surface area contributed by atoms with E-state index in [0.717, 1.165) is 11.8 Å². The number of benzene rings is 1. The van der Waals surface area contributed by atoms with Crippen molar-refractivity contribution < 1.29 is 19.1 Å². The molecule has 0 bridgehead atoms. The van der Waals surface area contributed by atoms with Crippen molar-refractivity contribution in [3.8, 4) is 0 Å². The average Bonchev–Trinajstić information content (AvgIpc) is 2.21.